The Morgan fingerprint density at radius 2 is 2.00 bits per heavy atom. The molecule has 0 atom stereocenters. The monoisotopic (exact) mass is 321 g/mol. The SMILES string of the molecule is NCCNC(=O)NCCSCc1ccc(Cl)cc1Cl. The lowest BCUT2D eigenvalue weighted by Gasteiger charge is -2.07. The average Bonchev–Trinajstić information content (AvgIpc) is 2.38. The second-order valence-corrected chi connectivity index (χ2v) is 5.71. The number of nitrogens with one attached hydrogen (secondary N) is 2. The minimum atomic E-state index is -0.185. The van der Waals surface area contributed by atoms with E-state index in [-0.39, 0.29) is 6.03 Å². The maximum absolute atomic E-state index is 11.2. The minimum Gasteiger partial charge on any atom is -0.337 e. The molecule has 0 radical (unpaired) electrons. The van der Waals surface area contributed by atoms with Gasteiger partial charge in [-0.3, -0.25) is 0 Å². The lowest BCUT2D eigenvalue weighted by molar-refractivity contribution is 0.242. The van der Waals surface area contributed by atoms with Crippen molar-refractivity contribution in [3.63, 3.8) is 0 Å². The molecule has 0 aliphatic heterocycles. The molecule has 106 valence electrons. The third kappa shape index (κ3) is 6.92. The molecular weight excluding hydrogens is 305 g/mol. The summed E-state index contributed by atoms with van der Waals surface area (Å²) in [5.74, 6) is 1.61. The van der Waals surface area contributed by atoms with Gasteiger partial charge in [-0.2, -0.15) is 11.8 Å². The molecule has 0 spiro atoms. The predicted molar refractivity (Wildman–Crippen MR) is 83.1 cm³/mol. The van der Waals surface area contributed by atoms with Crippen LogP contribution in [0.2, 0.25) is 10.0 Å². The van der Waals surface area contributed by atoms with Crippen molar-refractivity contribution in [2.24, 2.45) is 5.73 Å². The number of benzene rings is 1. The van der Waals surface area contributed by atoms with Crippen LogP contribution in [-0.2, 0) is 5.75 Å². The van der Waals surface area contributed by atoms with E-state index in [1.807, 2.05) is 12.1 Å². The Morgan fingerprint density at radius 3 is 2.68 bits per heavy atom. The van der Waals surface area contributed by atoms with Crippen LogP contribution in [-0.4, -0.2) is 31.4 Å². The van der Waals surface area contributed by atoms with Crippen molar-refractivity contribution >= 4 is 41.0 Å². The molecule has 1 rings (SSSR count). The molecule has 2 amide bonds. The van der Waals surface area contributed by atoms with E-state index in [0.29, 0.717) is 29.7 Å². The number of nitrogens with two attached hydrogens (primary N) is 1. The molecular formula is C12H17Cl2N3OS. The third-order valence-electron chi connectivity index (χ3n) is 2.23. The molecule has 0 saturated heterocycles. The zero-order valence-corrected chi connectivity index (χ0v) is 12.7. The van der Waals surface area contributed by atoms with Crippen molar-refractivity contribution < 1.29 is 4.79 Å². The number of halogens is 2. The molecule has 4 N–H and O–H groups in total. The summed E-state index contributed by atoms with van der Waals surface area (Å²) in [7, 11) is 0. The summed E-state index contributed by atoms with van der Waals surface area (Å²) in [5, 5.41) is 6.69. The van der Waals surface area contributed by atoms with Gasteiger partial charge in [-0.05, 0) is 17.7 Å². The molecule has 0 heterocycles. The maximum atomic E-state index is 11.2. The molecule has 0 bridgehead atoms. The van der Waals surface area contributed by atoms with Crippen LogP contribution in [0.15, 0.2) is 18.2 Å². The minimum absolute atomic E-state index is 0.185. The number of rotatable bonds is 7. The Morgan fingerprint density at radius 1 is 1.26 bits per heavy atom. The van der Waals surface area contributed by atoms with Gasteiger partial charge in [-0.15, -0.1) is 0 Å². The summed E-state index contributed by atoms with van der Waals surface area (Å²) in [5.41, 5.74) is 6.32. The summed E-state index contributed by atoms with van der Waals surface area (Å²) < 4.78 is 0. The smallest absolute Gasteiger partial charge is 0.314 e. The highest BCUT2D eigenvalue weighted by Crippen LogP contribution is 2.24. The van der Waals surface area contributed by atoms with Gasteiger partial charge in [0.1, 0.15) is 0 Å². The van der Waals surface area contributed by atoms with Gasteiger partial charge in [0.2, 0.25) is 0 Å². The zero-order valence-electron chi connectivity index (χ0n) is 10.4. The van der Waals surface area contributed by atoms with Crippen LogP contribution < -0.4 is 16.4 Å². The van der Waals surface area contributed by atoms with E-state index in [2.05, 4.69) is 10.6 Å². The number of amides is 2. The van der Waals surface area contributed by atoms with Crippen LogP contribution in [0.1, 0.15) is 5.56 Å². The molecule has 0 unspecified atom stereocenters. The molecule has 4 nitrogen and oxygen atoms in total. The number of urea groups is 1. The molecule has 1 aromatic rings. The summed E-state index contributed by atoms with van der Waals surface area (Å²) in [6, 6.07) is 5.29. The van der Waals surface area contributed by atoms with Gasteiger partial charge >= 0.3 is 6.03 Å². The van der Waals surface area contributed by atoms with E-state index in [0.717, 1.165) is 17.1 Å². The molecule has 19 heavy (non-hydrogen) atoms. The summed E-state index contributed by atoms with van der Waals surface area (Å²) in [6.07, 6.45) is 0. The van der Waals surface area contributed by atoms with E-state index in [1.54, 1.807) is 17.8 Å². The first-order chi connectivity index (χ1) is 9.13. The first-order valence-corrected chi connectivity index (χ1v) is 7.78. The van der Waals surface area contributed by atoms with Crippen LogP contribution in [0.3, 0.4) is 0 Å². The second kappa shape index (κ2) is 9.31. The van der Waals surface area contributed by atoms with Crippen molar-refractivity contribution in [1.29, 1.82) is 0 Å². The Bertz CT molecular complexity index is 418. The number of hydrogen-bond donors (Lipinski definition) is 3. The molecule has 0 fully saturated rings. The van der Waals surface area contributed by atoms with Crippen molar-refractivity contribution in [1.82, 2.24) is 10.6 Å². The standard InChI is InChI=1S/C12H17Cl2N3OS/c13-10-2-1-9(11(14)7-10)8-19-6-5-17-12(18)16-4-3-15/h1-2,7H,3-6,8,15H2,(H2,16,17,18). The van der Waals surface area contributed by atoms with Crippen LogP contribution in [0.5, 0.6) is 0 Å². The van der Waals surface area contributed by atoms with Crippen LogP contribution >= 0.6 is 35.0 Å². The van der Waals surface area contributed by atoms with E-state index in [9.17, 15) is 4.79 Å². The summed E-state index contributed by atoms with van der Waals surface area (Å²) in [4.78, 5) is 11.2. The van der Waals surface area contributed by atoms with Crippen molar-refractivity contribution in [3.8, 4) is 0 Å². The highest BCUT2D eigenvalue weighted by Gasteiger charge is 2.02. The third-order valence-corrected chi connectivity index (χ3v) is 3.83. The lowest BCUT2D eigenvalue weighted by Crippen LogP contribution is -2.39. The van der Waals surface area contributed by atoms with Gasteiger partial charge < -0.3 is 16.4 Å². The highest BCUT2D eigenvalue weighted by molar-refractivity contribution is 7.98. The van der Waals surface area contributed by atoms with E-state index < -0.39 is 0 Å². The number of carbonyl (C=O) groups excluding carboxylic acids is 1. The predicted octanol–water partition coefficient (Wildman–Crippen LogP) is 2.48. The quantitative estimate of drug-likeness (QED) is 0.676. The molecule has 0 aliphatic rings. The Labute approximate surface area is 127 Å². The largest absolute Gasteiger partial charge is 0.337 e. The van der Waals surface area contributed by atoms with Crippen LogP contribution in [0.25, 0.3) is 0 Å². The Hall–Kier alpha value is -0.620. The van der Waals surface area contributed by atoms with Crippen molar-refractivity contribution in [2.75, 3.05) is 25.4 Å². The van der Waals surface area contributed by atoms with Crippen LogP contribution in [0.4, 0.5) is 4.79 Å². The zero-order chi connectivity index (χ0) is 14.1. The number of carbonyl (C=O) groups is 1. The van der Waals surface area contributed by atoms with Gasteiger partial charge in [0.15, 0.2) is 0 Å². The topological polar surface area (TPSA) is 67.1 Å². The average molecular weight is 322 g/mol. The number of hydrogen-bond acceptors (Lipinski definition) is 3. The van der Waals surface area contributed by atoms with Crippen molar-refractivity contribution in [3.05, 3.63) is 33.8 Å². The normalized spacial score (nSPS) is 10.3. The van der Waals surface area contributed by atoms with Gasteiger partial charge in [-0.1, -0.05) is 29.3 Å². The fraction of sp³-hybridized carbons (Fsp3) is 0.417. The summed E-state index contributed by atoms with van der Waals surface area (Å²) in [6.45, 7) is 1.53. The molecule has 0 aromatic heterocycles. The van der Waals surface area contributed by atoms with Crippen LogP contribution in [0, 0.1) is 0 Å². The van der Waals surface area contributed by atoms with Gasteiger partial charge in [0.05, 0.1) is 0 Å². The van der Waals surface area contributed by atoms with Crippen molar-refractivity contribution in [2.45, 2.75) is 5.75 Å². The molecule has 1 aromatic carbocycles. The van der Waals surface area contributed by atoms with E-state index >= 15 is 0 Å². The first-order valence-electron chi connectivity index (χ1n) is 5.87. The Balaban J connectivity index is 2.15. The fourth-order valence-electron chi connectivity index (χ4n) is 1.31. The van der Waals surface area contributed by atoms with E-state index in [1.165, 1.54) is 0 Å². The number of thioether (sulfide) groups is 1. The second-order valence-electron chi connectivity index (χ2n) is 3.76. The molecule has 7 heteroatoms. The fourth-order valence-corrected chi connectivity index (χ4v) is 2.72. The Kier molecular flexibility index (Phi) is 8.05. The van der Waals surface area contributed by atoms with Gasteiger partial charge in [-0.25, -0.2) is 4.79 Å². The molecule has 0 aliphatic carbocycles. The summed E-state index contributed by atoms with van der Waals surface area (Å²) >= 11 is 13.6. The van der Waals surface area contributed by atoms with E-state index in [4.69, 9.17) is 28.9 Å². The maximum Gasteiger partial charge on any atom is 0.314 e. The molecule has 0 saturated carbocycles. The van der Waals surface area contributed by atoms with Gasteiger partial charge in [0.25, 0.3) is 0 Å². The highest BCUT2D eigenvalue weighted by atomic mass is 35.5. The van der Waals surface area contributed by atoms with Gasteiger partial charge in [0, 0.05) is 41.2 Å². The first kappa shape index (κ1) is 16.4. The lowest BCUT2D eigenvalue weighted by atomic mass is 10.2.